The van der Waals surface area contributed by atoms with E-state index in [9.17, 15) is 4.79 Å². The lowest BCUT2D eigenvalue weighted by Crippen LogP contribution is -2.45. The lowest BCUT2D eigenvalue weighted by atomic mass is 10.0. The van der Waals surface area contributed by atoms with E-state index in [1.807, 2.05) is 0 Å². The normalized spacial score (nSPS) is 27.9. The first-order valence-corrected chi connectivity index (χ1v) is 6.70. The van der Waals surface area contributed by atoms with E-state index in [0.717, 1.165) is 19.4 Å². The summed E-state index contributed by atoms with van der Waals surface area (Å²) in [5.41, 5.74) is 0. The van der Waals surface area contributed by atoms with Crippen LogP contribution in [0.4, 0.5) is 0 Å². The highest BCUT2D eigenvalue weighted by atomic mass is 16.2. The van der Waals surface area contributed by atoms with Gasteiger partial charge in [-0.3, -0.25) is 4.79 Å². The third kappa shape index (κ3) is 2.40. The fourth-order valence-electron chi connectivity index (χ4n) is 2.77. The van der Waals surface area contributed by atoms with E-state index in [2.05, 4.69) is 31.0 Å². The molecule has 1 heterocycles. The van der Waals surface area contributed by atoms with Crippen molar-refractivity contribution in [2.45, 2.75) is 64.6 Å². The molecule has 0 aromatic carbocycles. The Morgan fingerprint density at radius 3 is 2.56 bits per heavy atom. The van der Waals surface area contributed by atoms with Gasteiger partial charge in [-0.05, 0) is 31.6 Å². The van der Waals surface area contributed by atoms with Crippen molar-refractivity contribution < 1.29 is 4.79 Å². The third-order valence-corrected chi connectivity index (χ3v) is 3.84. The van der Waals surface area contributed by atoms with Crippen LogP contribution in [0.3, 0.4) is 0 Å². The third-order valence-electron chi connectivity index (χ3n) is 3.84. The summed E-state index contributed by atoms with van der Waals surface area (Å²) in [7, 11) is 0. The lowest BCUT2D eigenvalue weighted by Gasteiger charge is -2.30. The van der Waals surface area contributed by atoms with Gasteiger partial charge >= 0.3 is 0 Å². The van der Waals surface area contributed by atoms with Crippen molar-refractivity contribution in [3.8, 4) is 0 Å². The first-order chi connectivity index (χ1) is 7.63. The molecule has 1 saturated carbocycles. The molecule has 0 spiro atoms. The highest BCUT2D eigenvalue weighted by Crippen LogP contribution is 2.25. The van der Waals surface area contributed by atoms with Crippen LogP contribution in [0.1, 0.15) is 46.5 Å². The molecule has 0 aromatic rings. The van der Waals surface area contributed by atoms with Crippen molar-refractivity contribution in [2.24, 2.45) is 5.92 Å². The average Bonchev–Trinajstić information content (AvgIpc) is 2.98. The summed E-state index contributed by atoms with van der Waals surface area (Å²) < 4.78 is 0. The summed E-state index contributed by atoms with van der Waals surface area (Å²) >= 11 is 0. The molecule has 3 nitrogen and oxygen atoms in total. The van der Waals surface area contributed by atoms with E-state index < -0.39 is 0 Å². The quantitative estimate of drug-likeness (QED) is 0.772. The Morgan fingerprint density at radius 2 is 2.06 bits per heavy atom. The molecule has 2 atom stereocenters. The van der Waals surface area contributed by atoms with Gasteiger partial charge in [0, 0.05) is 18.6 Å². The molecule has 2 fully saturated rings. The van der Waals surface area contributed by atoms with Gasteiger partial charge < -0.3 is 10.2 Å². The van der Waals surface area contributed by atoms with Crippen LogP contribution >= 0.6 is 0 Å². The molecule has 16 heavy (non-hydrogen) atoms. The molecule has 0 aromatic heterocycles. The highest BCUT2D eigenvalue weighted by molar-refractivity contribution is 5.84. The molecular weight excluding hydrogens is 200 g/mol. The topological polar surface area (TPSA) is 32.3 Å². The maximum absolute atomic E-state index is 12.2. The monoisotopic (exact) mass is 224 g/mol. The number of likely N-dealkylation sites (tertiary alicyclic amines) is 1. The van der Waals surface area contributed by atoms with E-state index in [1.165, 1.54) is 12.8 Å². The number of hydrogen-bond acceptors (Lipinski definition) is 2. The number of amides is 1. The molecule has 1 saturated heterocycles. The van der Waals surface area contributed by atoms with Crippen LogP contribution in [0.2, 0.25) is 0 Å². The Labute approximate surface area is 98.6 Å². The molecule has 92 valence electrons. The van der Waals surface area contributed by atoms with E-state index in [0.29, 0.717) is 23.9 Å². The molecular formula is C13H24N2O. The number of carbonyl (C=O) groups is 1. The largest absolute Gasteiger partial charge is 0.338 e. The second-order valence-corrected chi connectivity index (χ2v) is 5.53. The molecule has 2 rings (SSSR count). The number of carbonyl (C=O) groups excluding carboxylic acids is 1. The number of nitrogens with zero attached hydrogens (tertiary/aromatic N) is 1. The van der Waals surface area contributed by atoms with Gasteiger partial charge in [0.1, 0.15) is 0 Å². The van der Waals surface area contributed by atoms with Gasteiger partial charge in [0.15, 0.2) is 0 Å². The fraction of sp³-hybridized carbons (Fsp3) is 0.923. The van der Waals surface area contributed by atoms with Crippen molar-refractivity contribution in [3.05, 3.63) is 0 Å². The minimum atomic E-state index is 0.111. The Balaban J connectivity index is 1.93. The van der Waals surface area contributed by atoms with Gasteiger partial charge in [0.05, 0.1) is 6.04 Å². The summed E-state index contributed by atoms with van der Waals surface area (Å²) in [5, 5.41) is 3.46. The summed E-state index contributed by atoms with van der Waals surface area (Å²) in [6.45, 7) is 7.55. The predicted molar refractivity (Wildman–Crippen MR) is 65.2 cm³/mol. The van der Waals surface area contributed by atoms with Gasteiger partial charge in [-0.2, -0.15) is 0 Å². The molecule has 2 aliphatic rings. The Kier molecular flexibility index (Phi) is 3.53. The van der Waals surface area contributed by atoms with Crippen molar-refractivity contribution in [1.82, 2.24) is 10.2 Å². The SMILES string of the molecule is CCC(C(C)C)N1CCC(NC2CC2)C1=O. The zero-order chi connectivity index (χ0) is 11.7. The zero-order valence-corrected chi connectivity index (χ0v) is 10.7. The number of rotatable bonds is 5. The van der Waals surface area contributed by atoms with Crippen LogP contribution in [0.25, 0.3) is 0 Å². The Hall–Kier alpha value is -0.570. The highest BCUT2D eigenvalue weighted by Gasteiger charge is 2.38. The van der Waals surface area contributed by atoms with Crippen LogP contribution in [-0.2, 0) is 4.79 Å². The molecule has 1 N–H and O–H groups in total. The van der Waals surface area contributed by atoms with Crippen molar-refractivity contribution in [1.29, 1.82) is 0 Å². The lowest BCUT2D eigenvalue weighted by molar-refractivity contribution is -0.132. The van der Waals surface area contributed by atoms with Gasteiger partial charge in [-0.15, -0.1) is 0 Å². The van der Waals surface area contributed by atoms with Crippen LogP contribution in [0, 0.1) is 5.92 Å². The Bertz CT molecular complexity index is 261. The number of hydrogen-bond donors (Lipinski definition) is 1. The second kappa shape index (κ2) is 4.74. The van der Waals surface area contributed by atoms with Crippen LogP contribution in [0.15, 0.2) is 0 Å². The minimum absolute atomic E-state index is 0.111. The first kappa shape index (κ1) is 11.9. The maximum Gasteiger partial charge on any atom is 0.240 e. The first-order valence-electron chi connectivity index (χ1n) is 6.70. The smallest absolute Gasteiger partial charge is 0.240 e. The molecule has 0 bridgehead atoms. The fourth-order valence-corrected chi connectivity index (χ4v) is 2.77. The molecule has 1 amide bonds. The summed E-state index contributed by atoms with van der Waals surface area (Å²) in [6.07, 6.45) is 4.58. The van der Waals surface area contributed by atoms with Crippen LogP contribution < -0.4 is 5.32 Å². The summed E-state index contributed by atoms with van der Waals surface area (Å²) in [4.78, 5) is 14.3. The molecule has 0 radical (unpaired) electrons. The van der Waals surface area contributed by atoms with Crippen molar-refractivity contribution in [3.63, 3.8) is 0 Å². The van der Waals surface area contributed by atoms with E-state index in [1.54, 1.807) is 0 Å². The van der Waals surface area contributed by atoms with Gasteiger partial charge in [0.2, 0.25) is 5.91 Å². The molecule has 1 aliphatic carbocycles. The molecule has 3 heteroatoms. The predicted octanol–water partition coefficient (Wildman–Crippen LogP) is 1.77. The van der Waals surface area contributed by atoms with Gasteiger partial charge in [-0.25, -0.2) is 0 Å². The maximum atomic E-state index is 12.2. The van der Waals surface area contributed by atoms with Crippen molar-refractivity contribution in [2.75, 3.05) is 6.54 Å². The number of nitrogens with one attached hydrogen (secondary N) is 1. The van der Waals surface area contributed by atoms with Crippen molar-refractivity contribution >= 4 is 5.91 Å². The summed E-state index contributed by atoms with van der Waals surface area (Å²) in [6, 6.07) is 1.17. The molecule has 1 aliphatic heterocycles. The van der Waals surface area contributed by atoms with E-state index in [-0.39, 0.29) is 6.04 Å². The standard InChI is InChI=1S/C13H24N2O/c1-4-12(9(2)3)15-8-7-11(13(15)16)14-10-5-6-10/h9-12,14H,4-8H2,1-3H3. The zero-order valence-electron chi connectivity index (χ0n) is 10.7. The van der Waals surface area contributed by atoms with Crippen LogP contribution in [-0.4, -0.2) is 35.5 Å². The van der Waals surface area contributed by atoms with Gasteiger partial charge in [0.25, 0.3) is 0 Å². The Morgan fingerprint density at radius 1 is 1.38 bits per heavy atom. The van der Waals surface area contributed by atoms with Crippen LogP contribution in [0.5, 0.6) is 0 Å². The van der Waals surface area contributed by atoms with E-state index >= 15 is 0 Å². The second-order valence-electron chi connectivity index (χ2n) is 5.53. The van der Waals surface area contributed by atoms with E-state index in [4.69, 9.17) is 0 Å². The summed E-state index contributed by atoms with van der Waals surface area (Å²) in [5.74, 6) is 0.904. The molecule has 2 unspecified atom stereocenters. The average molecular weight is 224 g/mol. The minimum Gasteiger partial charge on any atom is -0.338 e. The van der Waals surface area contributed by atoms with Gasteiger partial charge in [-0.1, -0.05) is 20.8 Å².